The van der Waals surface area contributed by atoms with Crippen molar-refractivity contribution in [1.82, 2.24) is 10.6 Å². The normalized spacial score (nSPS) is 17.2. The van der Waals surface area contributed by atoms with Gasteiger partial charge in [0.2, 0.25) is 0 Å². The van der Waals surface area contributed by atoms with Crippen LogP contribution in [0, 0.1) is 0 Å². The summed E-state index contributed by atoms with van der Waals surface area (Å²) in [5.74, 6) is -0.755. The van der Waals surface area contributed by atoms with Crippen molar-refractivity contribution in [2.24, 2.45) is 0 Å². The predicted molar refractivity (Wildman–Crippen MR) is 97.3 cm³/mol. The zero-order valence-corrected chi connectivity index (χ0v) is 15.7. The number of carbonyl (C=O) groups is 2. The largest absolute Gasteiger partial charge is 0.464 e. The van der Waals surface area contributed by atoms with E-state index in [1.54, 1.807) is 6.92 Å². The highest BCUT2D eigenvalue weighted by molar-refractivity contribution is 5.74. The van der Waals surface area contributed by atoms with Crippen molar-refractivity contribution in [3.8, 4) is 0 Å². The van der Waals surface area contributed by atoms with Crippen LogP contribution in [0.5, 0.6) is 0 Å². The minimum atomic E-state index is -1.51. The van der Waals surface area contributed by atoms with Gasteiger partial charge in [0.05, 0.1) is 6.61 Å². The Morgan fingerprint density at radius 1 is 1.04 bits per heavy atom. The van der Waals surface area contributed by atoms with Gasteiger partial charge in [0, 0.05) is 12.6 Å². The SMILES string of the molecule is CCOC(=O)C(F)CCCCCCNC(=O)NC1CCCCCCC1. The zero-order valence-electron chi connectivity index (χ0n) is 15.7. The number of hydrogen-bond acceptors (Lipinski definition) is 3. The van der Waals surface area contributed by atoms with E-state index >= 15 is 0 Å². The van der Waals surface area contributed by atoms with Gasteiger partial charge in [-0.15, -0.1) is 0 Å². The molecule has 0 aromatic rings. The lowest BCUT2D eigenvalue weighted by Crippen LogP contribution is -2.42. The Morgan fingerprint density at radius 3 is 2.36 bits per heavy atom. The number of esters is 1. The average Bonchev–Trinajstić information content (AvgIpc) is 2.56. The Bertz CT molecular complexity index is 372. The van der Waals surface area contributed by atoms with Gasteiger partial charge >= 0.3 is 12.0 Å². The quantitative estimate of drug-likeness (QED) is 0.453. The van der Waals surface area contributed by atoms with Crippen molar-refractivity contribution < 1.29 is 18.7 Å². The van der Waals surface area contributed by atoms with Crippen LogP contribution in [0.4, 0.5) is 9.18 Å². The molecular formula is C19H35FN2O3. The predicted octanol–water partition coefficient (Wildman–Crippen LogP) is 4.25. The van der Waals surface area contributed by atoms with Crippen LogP contribution in [0.3, 0.4) is 0 Å². The fourth-order valence-corrected chi connectivity index (χ4v) is 3.19. The van der Waals surface area contributed by atoms with Crippen LogP contribution in [-0.4, -0.2) is 37.4 Å². The maximum atomic E-state index is 13.4. The molecule has 5 nitrogen and oxygen atoms in total. The third-order valence-electron chi connectivity index (χ3n) is 4.65. The van der Waals surface area contributed by atoms with Gasteiger partial charge in [-0.2, -0.15) is 0 Å². The number of unbranched alkanes of at least 4 members (excludes halogenated alkanes) is 3. The van der Waals surface area contributed by atoms with Gasteiger partial charge in [0.15, 0.2) is 6.17 Å². The molecule has 0 saturated heterocycles. The molecule has 1 aliphatic rings. The van der Waals surface area contributed by atoms with Crippen molar-refractivity contribution in [1.29, 1.82) is 0 Å². The molecule has 6 heteroatoms. The molecule has 0 bridgehead atoms. The van der Waals surface area contributed by atoms with Crippen LogP contribution in [0.1, 0.15) is 84.0 Å². The summed E-state index contributed by atoms with van der Waals surface area (Å²) < 4.78 is 18.0. The molecule has 0 aromatic carbocycles. The van der Waals surface area contributed by atoms with Crippen LogP contribution in [0.25, 0.3) is 0 Å². The second kappa shape index (κ2) is 13.9. The lowest BCUT2D eigenvalue weighted by molar-refractivity contribution is -0.149. The second-order valence-corrected chi connectivity index (χ2v) is 6.86. The maximum absolute atomic E-state index is 13.4. The molecule has 1 aliphatic carbocycles. The summed E-state index contributed by atoms with van der Waals surface area (Å²) in [5.41, 5.74) is 0. The van der Waals surface area contributed by atoms with E-state index in [-0.39, 0.29) is 19.1 Å². The van der Waals surface area contributed by atoms with E-state index in [2.05, 4.69) is 15.4 Å². The fraction of sp³-hybridized carbons (Fsp3) is 0.895. The molecular weight excluding hydrogens is 323 g/mol. The molecule has 1 unspecified atom stereocenters. The molecule has 2 amide bonds. The highest BCUT2D eigenvalue weighted by Crippen LogP contribution is 2.17. The van der Waals surface area contributed by atoms with Crippen LogP contribution >= 0.6 is 0 Å². The van der Waals surface area contributed by atoms with Gasteiger partial charge in [-0.05, 0) is 39.0 Å². The minimum Gasteiger partial charge on any atom is -0.464 e. The van der Waals surface area contributed by atoms with E-state index in [4.69, 9.17) is 0 Å². The fourth-order valence-electron chi connectivity index (χ4n) is 3.19. The summed E-state index contributed by atoms with van der Waals surface area (Å²) in [6.45, 7) is 2.52. The first kappa shape index (κ1) is 21.7. The first-order chi connectivity index (χ1) is 12.1. The number of nitrogens with one attached hydrogen (secondary N) is 2. The summed E-state index contributed by atoms with van der Waals surface area (Å²) in [5, 5.41) is 5.98. The Kier molecular flexibility index (Phi) is 12.1. The van der Waals surface area contributed by atoms with E-state index in [1.165, 1.54) is 32.1 Å². The highest BCUT2D eigenvalue weighted by Gasteiger charge is 2.17. The Hall–Kier alpha value is -1.33. The summed E-state index contributed by atoms with van der Waals surface area (Å²) in [6, 6.07) is 0.237. The second-order valence-electron chi connectivity index (χ2n) is 6.86. The maximum Gasteiger partial charge on any atom is 0.340 e. The Labute approximate surface area is 151 Å². The molecule has 0 spiro atoms. The molecule has 1 rings (SSSR count). The number of carbonyl (C=O) groups excluding carboxylic acids is 2. The van der Waals surface area contributed by atoms with Gasteiger partial charge in [0.1, 0.15) is 0 Å². The van der Waals surface area contributed by atoms with Crippen molar-refractivity contribution in [2.75, 3.05) is 13.2 Å². The lowest BCUT2D eigenvalue weighted by atomic mass is 9.97. The Balaban J connectivity index is 1.98. The monoisotopic (exact) mass is 358 g/mol. The smallest absolute Gasteiger partial charge is 0.340 e. The highest BCUT2D eigenvalue weighted by atomic mass is 19.1. The molecule has 0 heterocycles. The van der Waals surface area contributed by atoms with Crippen molar-refractivity contribution in [2.45, 2.75) is 96.2 Å². The standard InChI is InChI=1S/C19H35FN2O3/c1-2-25-18(23)17(20)14-10-6-7-11-15-21-19(24)22-16-12-8-4-3-5-9-13-16/h16-17H,2-15H2,1H3,(H2,21,22,24). The summed E-state index contributed by atoms with van der Waals surface area (Å²) >= 11 is 0. The molecule has 1 saturated carbocycles. The van der Waals surface area contributed by atoms with E-state index in [9.17, 15) is 14.0 Å². The average molecular weight is 358 g/mol. The molecule has 146 valence electrons. The molecule has 25 heavy (non-hydrogen) atoms. The van der Waals surface area contributed by atoms with E-state index in [1.807, 2.05) is 0 Å². The summed E-state index contributed by atoms with van der Waals surface area (Å²) in [6.07, 6.45) is 10.4. The van der Waals surface area contributed by atoms with Crippen molar-refractivity contribution >= 4 is 12.0 Å². The van der Waals surface area contributed by atoms with Crippen LogP contribution in [0.2, 0.25) is 0 Å². The van der Waals surface area contributed by atoms with E-state index in [0.717, 1.165) is 32.1 Å². The molecule has 1 atom stereocenters. The molecule has 1 fully saturated rings. The number of alkyl halides is 1. The number of amides is 2. The lowest BCUT2D eigenvalue weighted by Gasteiger charge is -2.21. The molecule has 2 N–H and O–H groups in total. The first-order valence-electron chi connectivity index (χ1n) is 9.98. The molecule has 0 aromatic heterocycles. The van der Waals surface area contributed by atoms with Gasteiger partial charge in [-0.1, -0.05) is 44.9 Å². The minimum absolute atomic E-state index is 0.0725. The molecule has 0 aliphatic heterocycles. The number of hydrogen-bond donors (Lipinski definition) is 2. The summed E-state index contributed by atoms with van der Waals surface area (Å²) in [7, 11) is 0. The number of urea groups is 1. The van der Waals surface area contributed by atoms with Gasteiger partial charge < -0.3 is 15.4 Å². The van der Waals surface area contributed by atoms with Crippen LogP contribution in [-0.2, 0) is 9.53 Å². The van der Waals surface area contributed by atoms with Crippen molar-refractivity contribution in [3.05, 3.63) is 0 Å². The number of ether oxygens (including phenoxy) is 1. The number of rotatable bonds is 10. The zero-order chi connectivity index (χ0) is 18.3. The molecule has 0 radical (unpaired) electrons. The Morgan fingerprint density at radius 2 is 1.68 bits per heavy atom. The topological polar surface area (TPSA) is 67.4 Å². The third kappa shape index (κ3) is 11.0. The number of halogens is 1. The summed E-state index contributed by atoms with van der Waals surface area (Å²) in [4.78, 5) is 23.0. The van der Waals surface area contributed by atoms with Crippen LogP contribution in [0.15, 0.2) is 0 Å². The first-order valence-corrected chi connectivity index (χ1v) is 9.98. The van der Waals surface area contributed by atoms with Gasteiger partial charge in [-0.3, -0.25) is 0 Å². The van der Waals surface area contributed by atoms with Crippen LogP contribution < -0.4 is 10.6 Å². The van der Waals surface area contributed by atoms with Crippen molar-refractivity contribution in [3.63, 3.8) is 0 Å². The third-order valence-corrected chi connectivity index (χ3v) is 4.65. The van der Waals surface area contributed by atoms with Gasteiger partial charge in [0.25, 0.3) is 0 Å². The van der Waals surface area contributed by atoms with Gasteiger partial charge in [-0.25, -0.2) is 14.0 Å². The van der Waals surface area contributed by atoms with E-state index in [0.29, 0.717) is 19.0 Å². The van der Waals surface area contributed by atoms with E-state index < -0.39 is 12.1 Å².